The third-order valence-electron chi connectivity index (χ3n) is 8.66. The molecule has 6 heterocycles. The fraction of sp³-hybridized carbons (Fsp3) is 1.00. The molecule has 0 aromatic carbocycles. The van der Waals surface area contributed by atoms with E-state index in [0.29, 0.717) is 98.4 Å². The van der Waals surface area contributed by atoms with Crippen LogP contribution < -0.4 is 0 Å². The van der Waals surface area contributed by atoms with E-state index in [9.17, 15) is 0 Å². The minimum atomic E-state index is -4.04. The molecule has 52 heavy (non-hydrogen) atoms. The molecular formula is C24H48Cl8O12Si8. The van der Waals surface area contributed by atoms with E-state index in [-0.39, 0.29) is 48.4 Å². The van der Waals surface area contributed by atoms with Gasteiger partial charge in [-0.15, -0.1) is 92.8 Å². The van der Waals surface area contributed by atoms with Crippen molar-refractivity contribution in [1.82, 2.24) is 0 Å². The molecule has 0 unspecified atom stereocenters. The van der Waals surface area contributed by atoms with Gasteiger partial charge in [-0.05, 0) is 51.4 Å². The molecule has 0 saturated carbocycles. The van der Waals surface area contributed by atoms with Crippen LogP contribution in [0.2, 0.25) is 48.4 Å². The lowest BCUT2D eigenvalue weighted by atomic mass is 10.6. The average molecular weight is 1040 g/mol. The Hall–Kier alpha value is 3.58. The van der Waals surface area contributed by atoms with E-state index in [0.717, 1.165) is 0 Å². The van der Waals surface area contributed by atoms with Crippen molar-refractivity contribution < 1.29 is 49.4 Å². The Morgan fingerprint density at radius 2 is 0.288 bits per heavy atom. The largest absolute Gasteiger partial charge is 0.478 e. The Balaban J connectivity index is 1.88. The zero-order chi connectivity index (χ0) is 37.5. The summed E-state index contributed by atoms with van der Waals surface area (Å²) in [5.74, 6) is 2.44. The van der Waals surface area contributed by atoms with Crippen LogP contribution in [0.1, 0.15) is 51.4 Å². The van der Waals surface area contributed by atoms with Crippen LogP contribution in [0, 0.1) is 0 Å². The van der Waals surface area contributed by atoms with Gasteiger partial charge in [-0.3, -0.25) is 0 Å². The van der Waals surface area contributed by atoms with Gasteiger partial charge in [-0.2, -0.15) is 0 Å². The average Bonchev–Trinajstić information content (AvgIpc) is 3.08. The highest BCUT2D eigenvalue weighted by Gasteiger charge is 2.82. The summed E-state index contributed by atoms with van der Waals surface area (Å²) >= 11 is 51.1. The van der Waals surface area contributed by atoms with Gasteiger partial charge in [0.2, 0.25) is 0 Å². The van der Waals surface area contributed by atoms with E-state index in [2.05, 4.69) is 0 Å². The molecule has 0 N–H and O–H groups in total. The van der Waals surface area contributed by atoms with Crippen molar-refractivity contribution in [3.63, 3.8) is 0 Å². The lowest BCUT2D eigenvalue weighted by molar-refractivity contribution is -0.0305. The number of alkyl halides is 8. The molecule has 8 bridgehead atoms. The number of rotatable bonds is 24. The van der Waals surface area contributed by atoms with Crippen LogP contribution in [0.25, 0.3) is 0 Å². The van der Waals surface area contributed by atoms with Crippen molar-refractivity contribution in [3.8, 4) is 0 Å². The maximum atomic E-state index is 7.43. The summed E-state index contributed by atoms with van der Waals surface area (Å²) in [5, 5.41) is 0. The van der Waals surface area contributed by atoms with Gasteiger partial charge in [0.15, 0.2) is 0 Å². The molecule has 0 atom stereocenters. The summed E-state index contributed by atoms with van der Waals surface area (Å²) in [6.07, 6.45) is 3.81. The predicted molar refractivity (Wildman–Crippen MR) is 220 cm³/mol. The number of hydrogen-bond acceptors (Lipinski definition) is 12. The minimum Gasteiger partial charge on any atom is -0.373 e. The summed E-state index contributed by atoms with van der Waals surface area (Å²) in [7, 11) is -32.3. The van der Waals surface area contributed by atoms with Gasteiger partial charge in [0.05, 0.1) is 0 Å². The summed E-state index contributed by atoms with van der Waals surface area (Å²) in [4.78, 5) is 0. The lowest BCUT2D eigenvalue weighted by Gasteiger charge is -2.63. The molecule has 28 heteroatoms. The van der Waals surface area contributed by atoms with Crippen molar-refractivity contribution in [2.24, 2.45) is 0 Å². The standard InChI is InChI=1S/C24H48Cl8O12Si8/c25-9-1-17-45-33-46(18-2-10-26)36-49(21-5-13-29)38-47(34-45,19-3-11-27)40-51(23-7-15-31)41-48(35-45,20-4-12-28)39-50(37-46,22-6-14-30)43-52(42-49,44-51)24-8-16-32/h1-24H2. The molecule has 0 radical (unpaired) electrons. The first-order valence-corrected chi connectivity index (χ1v) is 37.6. The van der Waals surface area contributed by atoms with Crippen LogP contribution in [0.5, 0.6) is 0 Å². The summed E-state index contributed by atoms with van der Waals surface area (Å²) in [5.41, 5.74) is 0. The molecular weight excluding hydrogens is 989 g/mol. The molecule has 0 aliphatic carbocycles. The second-order valence-electron chi connectivity index (χ2n) is 13.0. The molecule has 6 rings (SSSR count). The highest BCUT2D eigenvalue weighted by Crippen LogP contribution is 2.54. The quantitative estimate of drug-likeness (QED) is 0.0681. The van der Waals surface area contributed by atoms with Crippen molar-refractivity contribution in [2.75, 3.05) is 47.0 Å². The van der Waals surface area contributed by atoms with Crippen molar-refractivity contribution >= 4 is 163 Å². The molecule has 0 aromatic heterocycles. The van der Waals surface area contributed by atoms with Gasteiger partial charge >= 0.3 is 70.4 Å². The van der Waals surface area contributed by atoms with Gasteiger partial charge < -0.3 is 49.4 Å². The molecule has 6 saturated heterocycles. The van der Waals surface area contributed by atoms with Gasteiger partial charge in [-0.25, -0.2) is 0 Å². The van der Waals surface area contributed by atoms with E-state index in [1.54, 1.807) is 0 Å². The first-order chi connectivity index (χ1) is 25.0. The fourth-order valence-corrected chi connectivity index (χ4v) is 60.1. The fourth-order valence-electron chi connectivity index (χ4n) is 6.83. The van der Waals surface area contributed by atoms with Gasteiger partial charge in [0.1, 0.15) is 0 Å². The molecule has 304 valence electrons. The highest BCUT2D eigenvalue weighted by molar-refractivity contribution is 7.03. The van der Waals surface area contributed by atoms with Crippen molar-refractivity contribution in [2.45, 2.75) is 99.7 Å². The zero-order valence-corrected chi connectivity index (χ0v) is 42.9. The van der Waals surface area contributed by atoms with Crippen LogP contribution in [0.15, 0.2) is 0 Å². The Bertz CT molecular complexity index is 834. The van der Waals surface area contributed by atoms with Crippen molar-refractivity contribution in [3.05, 3.63) is 0 Å². The third-order valence-corrected chi connectivity index (χ3v) is 48.4. The molecule has 6 aliphatic rings. The SMILES string of the molecule is ClCCC[Si]12O[Si]3(CCCCl)O[Si]4(CCCCl)O[Si](CCCCl)(O1)O[Si]1(CCCCl)O[Si](CCCCl)(O2)O[Si](CCCCl)(O3)O[Si](CCCCl)(O4)O1. The van der Waals surface area contributed by atoms with E-state index in [1.807, 2.05) is 0 Å². The maximum Gasteiger partial charge on any atom is 0.478 e. The molecule has 6 fully saturated rings. The Morgan fingerprint density at radius 1 is 0.192 bits per heavy atom. The first-order valence-electron chi connectivity index (χ1n) is 17.9. The smallest absolute Gasteiger partial charge is 0.373 e. The van der Waals surface area contributed by atoms with Crippen LogP contribution in [0.3, 0.4) is 0 Å². The monoisotopic (exact) mass is 1030 g/mol. The second kappa shape index (κ2) is 20.4. The van der Waals surface area contributed by atoms with Crippen LogP contribution >= 0.6 is 92.8 Å². The predicted octanol–water partition coefficient (Wildman–Crippen LogP) is 8.80. The molecule has 0 spiro atoms. The maximum absolute atomic E-state index is 7.43. The summed E-state index contributed by atoms with van der Waals surface area (Å²) < 4.78 is 89.1. The Labute approximate surface area is 356 Å². The Kier molecular flexibility index (Phi) is 18.3. The van der Waals surface area contributed by atoms with Gasteiger partial charge in [-0.1, -0.05) is 0 Å². The number of halogens is 8. The van der Waals surface area contributed by atoms with Gasteiger partial charge in [0.25, 0.3) is 0 Å². The van der Waals surface area contributed by atoms with E-state index < -0.39 is 70.4 Å². The molecule has 12 nitrogen and oxygen atoms in total. The molecule has 0 amide bonds. The van der Waals surface area contributed by atoms with E-state index in [4.69, 9.17) is 142 Å². The topological polar surface area (TPSA) is 111 Å². The summed E-state index contributed by atoms with van der Waals surface area (Å²) in [6.45, 7) is 0. The zero-order valence-electron chi connectivity index (χ0n) is 28.9. The van der Waals surface area contributed by atoms with Gasteiger partial charge in [0, 0.05) is 95.4 Å². The van der Waals surface area contributed by atoms with Crippen LogP contribution in [-0.2, 0) is 49.4 Å². The molecule has 0 aromatic rings. The van der Waals surface area contributed by atoms with Crippen molar-refractivity contribution in [1.29, 1.82) is 0 Å². The van der Waals surface area contributed by atoms with Crippen LogP contribution in [-0.4, -0.2) is 117 Å². The minimum absolute atomic E-state index is 0.281. The van der Waals surface area contributed by atoms with E-state index in [1.165, 1.54) is 0 Å². The van der Waals surface area contributed by atoms with E-state index >= 15 is 0 Å². The lowest BCUT2D eigenvalue weighted by Crippen LogP contribution is -2.88. The normalized spacial score (nSPS) is 41.1. The summed E-state index contributed by atoms with van der Waals surface area (Å²) in [6, 6.07) is 2.25. The molecule has 6 aliphatic heterocycles. The highest BCUT2D eigenvalue weighted by atomic mass is 35.5. The Morgan fingerprint density at radius 3 is 0.365 bits per heavy atom. The second-order valence-corrected chi connectivity index (χ2v) is 40.8. The number of hydrogen-bond donors (Lipinski definition) is 0. The van der Waals surface area contributed by atoms with Crippen LogP contribution in [0.4, 0.5) is 0 Å². The third kappa shape index (κ3) is 11.1. The first kappa shape index (κ1) is 46.6.